The standard InChI is InChI=1S/2C8H12P.2ClH.V/c2*1-5-6(2)8(4)9-7(5)3;;;/h2*1-4H3;2*1H;/q2*-1;;;+2. The molecule has 0 nitrogen and oxygen atoms in total. The molecule has 0 fully saturated rings. The van der Waals surface area contributed by atoms with Gasteiger partial charge in [0.25, 0.3) is 0 Å². The maximum Gasteiger partial charge on any atom is 2.00 e. The van der Waals surface area contributed by atoms with Crippen molar-refractivity contribution in [2.75, 3.05) is 0 Å². The summed E-state index contributed by atoms with van der Waals surface area (Å²) in [4.78, 5) is 0. The van der Waals surface area contributed by atoms with Gasteiger partial charge in [0, 0.05) is 0 Å². The van der Waals surface area contributed by atoms with Crippen molar-refractivity contribution in [2.45, 2.75) is 55.4 Å². The Balaban J connectivity index is -0.000000270. The van der Waals surface area contributed by atoms with Crippen molar-refractivity contribution in [2.24, 2.45) is 0 Å². The Hall–Kier alpha value is 0.724. The first kappa shape index (κ1) is 26.6. The average molecular weight is 402 g/mol. The van der Waals surface area contributed by atoms with E-state index in [2.05, 4.69) is 55.4 Å². The molecule has 1 radical (unpaired) electrons. The molecule has 0 aromatic carbocycles. The molecule has 0 atom stereocenters. The summed E-state index contributed by atoms with van der Waals surface area (Å²) in [5.74, 6) is 0. The fourth-order valence-corrected chi connectivity index (χ4v) is 4.27. The summed E-state index contributed by atoms with van der Waals surface area (Å²) in [5.41, 5.74) is 5.98. The molecule has 0 saturated heterocycles. The fraction of sp³-hybridized carbons (Fsp3) is 0.500. The van der Waals surface area contributed by atoms with E-state index in [1.54, 1.807) is 0 Å². The van der Waals surface area contributed by atoms with E-state index in [9.17, 15) is 0 Å². The number of hydrogen-bond acceptors (Lipinski definition) is 0. The van der Waals surface area contributed by atoms with Crippen LogP contribution < -0.4 is 0 Å². The van der Waals surface area contributed by atoms with E-state index in [0.29, 0.717) is 0 Å². The molecule has 2 aromatic heterocycles. The third kappa shape index (κ3) is 6.79. The Morgan fingerprint density at radius 2 is 0.857 bits per heavy atom. The zero-order chi connectivity index (χ0) is 14.0. The molecule has 0 N–H and O–H groups in total. The summed E-state index contributed by atoms with van der Waals surface area (Å²) < 4.78 is 0. The molecule has 0 aliphatic rings. The molecule has 21 heavy (non-hydrogen) atoms. The molecule has 0 spiro atoms. The zero-order valence-electron chi connectivity index (χ0n) is 14.2. The quantitative estimate of drug-likeness (QED) is 0.406. The molecule has 119 valence electrons. The van der Waals surface area contributed by atoms with Crippen LogP contribution in [-0.4, -0.2) is 0 Å². The zero-order valence-corrected chi connectivity index (χ0v) is 19.0. The smallest absolute Gasteiger partial charge is 0.220 e. The van der Waals surface area contributed by atoms with Crippen molar-refractivity contribution in [3.05, 3.63) is 43.4 Å². The summed E-state index contributed by atoms with van der Waals surface area (Å²) in [7, 11) is 2.87. The van der Waals surface area contributed by atoms with Gasteiger partial charge in [-0.25, -0.2) is 16.4 Å². The minimum atomic E-state index is 0. The SMILES string of the molecule is Cc1p[c-](C)c(C)c1C.Cc1p[c-](C)c(C)c1C.Cl.Cl.[V+2]. The molecule has 0 amide bonds. The molecule has 2 rings (SSSR count). The molecule has 0 bridgehead atoms. The van der Waals surface area contributed by atoms with E-state index in [1.807, 2.05) is 0 Å². The first-order chi connectivity index (χ1) is 8.25. The van der Waals surface area contributed by atoms with Crippen LogP contribution in [0, 0.1) is 55.4 Å². The number of rotatable bonds is 0. The van der Waals surface area contributed by atoms with Crippen LogP contribution in [0.2, 0.25) is 0 Å². The molecule has 2 aromatic rings. The van der Waals surface area contributed by atoms with Gasteiger partial charge in [0.15, 0.2) is 0 Å². The molecule has 5 heteroatoms. The second kappa shape index (κ2) is 11.3. The van der Waals surface area contributed by atoms with Gasteiger partial charge in [-0.05, 0) is 0 Å². The molecule has 0 saturated carbocycles. The van der Waals surface area contributed by atoms with Crippen LogP contribution in [-0.2, 0) is 18.6 Å². The Morgan fingerprint density at radius 1 is 0.619 bits per heavy atom. The Kier molecular flexibility index (Phi) is 14.3. The van der Waals surface area contributed by atoms with Crippen LogP contribution in [0.5, 0.6) is 0 Å². The van der Waals surface area contributed by atoms with E-state index in [-0.39, 0.29) is 43.4 Å². The summed E-state index contributed by atoms with van der Waals surface area (Å²) in [6, 6.07) is 0. The number of aryl methyl sites for hydroxylation is 4. The molecular weight excluding hydrogens is 376 g/mol. The van der Waals surface area contributed by atoms with E-state index < -0.39 is 0 Å². The maximum atomic E-state index is 2.21. The molecule has 0 unspecified atom stereocenters. The van der Waals surface area contributed by atoms with Crippen LogP contribution in [0.3, 0.4) is 0 Å². The molecule has 0 aliphatic carbocycles. The third-order valence-corrected chi connectivity index (χ3v) is 6.65. The fourth-order valence-electron chi connectivity index (χ4n) is 1.92. The summed E-state index contributed by atoms with van der Waals surface area (Å²) >= 11 is 0. The van der Waals surface area contributed by atoms with Crippen LogP contribution in [0.4, 0.5) is 0 Å². The molecule has 0 aliphatic heterocycles. The van der Waals surface area contributed by atoms with Gasteiger partial charge in [-0.15, -0.1) is 35.4 Å². The average Bonchev–Trinajstić information content (AvgIpc) is 2.66. The third-order valence-electron chi connectivity index (χ3n) is 3.97. The second-order valence-corrected chi connectivity index (χ2v) is 8.20. The number of halogens is 2. The monoisotopic (exact) mass is 401 g/mol. The van der Waals surface area contributed by atoms with Gasteiger partial charge < -0.3 is 0 Å². The van der Waals surface area contributed by atoms with Crippen LogP contribution in [0.25, 0.3) is 0 Å². The summed E-state index contributed by atoms with van der Waals surface area (Å²) in [5, 5.41) is 6.07. The predicted molar refractivity (Wildman–Crippen MR) is 101 cm³/mol. The Morgan fingerprint density at radius 3 is 0.905 bits per heavy atom. The van der Waals surface area contributed by atoms with Gasteiger partial charge in [0.2, 0.25) is 0 Å². The summed E-state index contributed by atoms with van der Waals surface area (Å²) in [6.45, 7) is 17.6. The van der Waals surface area contributed by atoms with Crippen molar-refractivity contribution in [1.29, 1.82) is 0 Å². The van der Waals surface area contributed by atoms with Gasteiger partial charge in [-0.1, -0.05) is 55.4 Å². The summed E-state index contributed by atoms with van der Waals surface area (Å²) in [6.07, 6.45) is 0. The van der Waals surface area contributed by atoms with Gasteiger partial charge >= 0.3 is 18.6 Å². The Bertz CT molecular complexity index is 462. The van der Waals surface area contributed by atoms with E-state index in [0.717, 1.165) is 0 Å². The van der Waals surface area contributed by atoms with E-state index in [4.69, 9.17) is 0 Å². The van der Waals surface area contributed by atoms with Crippen molar-refractivity contribution in [1.82, 2.24) is 0 Å². The van der Waals surface area contributed by atoms with Crippen molar-refractivity contribution in [3.8, 4) is 0 Å². The van der Waals surface area contributed by atoms with Crippen molar-refractivity contribution < 1.29 is 18.6 Å². The largest absolute Gasteiger partial charge is 2.00 e. The van der Waals surface area contributed by atoms with E-state index in [1.165, 1.54) is 59.8 Å². The van der Waals surface area contributed by atoms with Gasteiger partial charge in [-0.3, -0.25) is 0 Å². The minimum Gasteiger partial charge on any atom is -0.220 e. The van der Waals surface area contributed by atoms with Gasteiger partial charge in [0.1, 0.15) is 0 Å². The van der Waals surface area contributed by atoms with Crippen LogP contribution in [0.15, 0.2) is 0 Å². The predicted octanol–water partition coefficient (Wildman–Crippen LogP) is 7.28. The number of hydrogen-bond donors (Lipinski definition) is 0. The normalized spacial score (nSPS) is 9.52. The van der Waals surface area contributed by atoms with Crippen LogP contribution in [0.1, 0.15) is 43.4 Å². The van der Waals surface area contributed by atoms with Crippen molar-refractivity contribution in [3.63, 3.8) is 0 Å². The van der Waals surface area contributed by atoms with Crippen LogP contribution >= 0.6 is 41.2 Å². The second-order valence-electron chi connectivity index (χ2n) is 5.07. The maximum absolute atomic E-state index is 2.21. The first-order valence-electron chi connectivity index (χ1n) is 6.39. The first-order valence-corrected chi connectivity index (χ1v) is 8.18. The minimum absolute atomic E-state index is 0. The molecular formula is C16H26Cl2P2V. The van der Waals surface area contributed by atoms with E-state index >= 15 is 0 Å². The topological polar surface area (TPSA) is 0 Å². The molecule has 2 heterocycles. The van der Waals surface area contributed by atoms with Gasteiger partial charge in [0.05, 0.1) is 0 Å². The van der Waals surface area contributed by atoms with Crippen molar-refractivity contribution >= 4 is 41.2 Å². The van der Waals surface area contributed by atoms with Gasteiger partial charge in [-0.2, -0.15) is 32.8 Å². The Labute approximate surface area is 158 Å².